The van der Waals surface area contributed by atoms with Gasteiger partial charge in [0.15, 0.2) is 11.6 Å². The molecule has 3 heterocycles. The maximum Gasteiger partial charge on any atom is 0.416 e. The molecule has 4 aromatic rings. The van der Waals surface area contributed by atoms with Crippen LogP contribution in [0.25, 0.3) is 28.4 Å². The first-order chi connectivity index (χ1) is 14.3. The number of fused-ring (bicyclic) bond motifs is 1. The zero-order chi connectivity index (χ0) is 21.5. The van der Waals surface area contributed by atoms with E-state index in [9.17, 15) is 18.1 Å². The minimum Gasteiger partial charge on any atom is -0.480 e. The molecule has 0 amide bonds. The Morgan fingerprint density at radius 1 is 1.10 bits per heavy atom. The fourth-order valence-corrected chi connectivity index (χ4v) is 2.83. The molecule has 1 N–H and O–H groups in total. The van der Waals surface area contributed by atoms with Crippen LogP contribution in [0.2, 0.25) is 0 Å². The Morgan fingerprint density at radius 3 is 2.47 bits per heavy atom. The number of pyridine rings is 1. The topological polar surface area (TPSA) is 106 Å². The van der Waals surface area contributed by atoms with Gasteiger partial charge in [-0.3, -0.25) is 4.57 Å². The van der Waals surface area contributed by atoms with Crippen molar-refractivity contribution in [3.05, 3.63) is 59.1 Å². The van der Waals surface area contributed by atoms with Crippen molar-refractivity contribution in [2.75, 3.05) is 7.11 Å². The number of methoxy groups -OCH3 is 1. The number of alkyl halides is 3. The first kappa shape index (κ1) is 19.2. The van der Waals surface area contributed by atoms with E-state index >= 15 is 0 Å². The molecule has 0 bridgehead atoms. The molecule has 4 rings (SSSR count). The van der Waals surface area contributed by atoms with E-state index in [1.54, 1.807) is 12.1 Å². The van der Waals surface area contributed by atoms with Gasteiger partial charge in [0.1, 0.15) is 11.9 Å². The molecule has 0 saturated carbocycles. The Hall–Kier alpha value is -4.09. The normalized spacial score (nSPS) is 11.6. The van der Waals surface area contributed by atoms with Crippen molar-refractivity contribution < 1.29 is 28.0 Å². The molecule has 0 atom stereocenters. The van der Waals surface area contributed by atoms with E-state index in [1.807, 2.05) is 0 Å². The van der Waals surface area contributed by atoms with Crippen molar-refractivity contribution >= 4 is 16.7 Å². The van der Waals surface area contributed by atoms with Gasteiger partial charge in [0.25, 0.3) is 4.92 Å². The van der Waals surface area contributed by atoms with Crippen LogP contribution in [-0.2, 0) is 6.18 Å². The van der Waals surface area contributed by atoms with E-state index in [0.717, 1.165) is 18.3 Å². The maximum atomic E-state index is 13.1. The molecule has 0 aliphatic carbocycles. The zero-order valence-corrected chi connectivity index (χ0v) is 15.2. The first-order valence-corrected chi connectivity index (χ1v) is 8.38. The molecule has 9 nitrogen and oxygen atoms in total. The SMILES string of the molecule is COc1ccc(-n2c(-c3ccc([N+](=O)O)cn3)nc3cc(C(F)(F)F)ccc32)nn1. The lowest BCUT2D eigenvalue weighted by Gasteiger charge is -2.09. The Morgan fingerprint density at radius 2 is 1.90 bits per heavy atom. The van der Waals surface area contributed by atoms with Gasteiger partial charge in [0, 0.05) is 12.1 Å². The molecule has 3 aromatic heterocycles. The molecule has 0 aliphatic rings. The highest BCUT2D eigenvalue weighted by Gasteiger charge is 2.31. The van der Waals surface area contributed by atoms with Gasteiger partial charge in [0.2, 0.25) is 5.88 Å². The Balaban J connectivity index is 1.95. The van der Waals surface area contributed by atoms with Crippen molar-refractivity contribution in [1.29, 1.82) is 0 Å². The van der Waals surface area contributed by atoms with Crippen LogP contribution in [0, 0.1) is 4.91 Å². The predicted octanol–water partition coefficient (Wildman–Crippen LogP) is 3.70. The second-order valence-electron chi connectivity index (χ2n) is 6.08. The molecular weight excluding hydrogens is 405 g/mol. The maximum absolute atomic E-state index is 13.1. The smallest absolute Gasteiger partial charge is 0.416 e. The average Bonchev–Trinajstić information content (AvgIpc) is 3.12. The van der Waals surface area contributed by atoms with Gasteiger partial charge in [-0.05, 0) is 30.3 Å². The van der Waals surface area contributed by atoms with Crippen LogP contribution in [0.15, 0.2) is 48.7 Å². The second kappa shape index (κ2) is 7.06. The van der Waals surface area contributed by atoms with E-state index in [4.69, 9.17) is 9.94 Å². The summed E-state index contributed by atoms with van der Waals surface area (Å²) in [4.78, 5) is 19.0. The van der Waals surface area contributed by atoms with E-state index < -0.39 is 11.7 Å². The van der Waals surface area contributed by atoms with Gasteiger partial charge in [0.05, 0.1) is 28.6 Å². The number of imidazole rings is 1. The van der Waals surface area contributed by atoms with Gasteiger partial charge in [-0.15, -0.1) is 10.2 Å². The van der Waals surface area contributed by atoms with Crippen molar-refractivity contribution in [2.24, 2.45) is 0 Å². The molecule has 30 heavy (non-hydrogen) atoms. The summed E-state index contributed by atoms with van der Waals surface area (Å²) in [6.45, 7) is 0. The largest absolute Gasteiger partial charge is 0.480 e. The zero-order valence-electron chi connectivity index (χ0n) is 15.2. The summed E-state index contributed by atoms with van der Waals surface area (Å²) < 4.78 is 45.9. The van der Waals surface area contributed by atoms with Crippen LogP contribution in [0.3, 0.4) is 0 Å². The molecule has 0 fully saturated rings. The van der Waals surface area contributed by atoms with Crippen molar-refractivity contribution in [1.82, 2.24) is 24.7 Å². The van der Waals surface area contributed by atoms with E-state index in [0.29, 0.717) is 5.52 Å². The van der Waals surface area contributed by atoms with E-state index in [-0.39, 0.29) is 39.3 Å². The molecule has 1 aromatic carbocycles. The summed E-state index contributed by atoms with van der Waals surface area (Å²) in [7, 11) is 1.42. The van der Waals surface area contributed by atoms with Crippen LogP contribution >= 0.6 is 0 Å². The van der Waals surface area contributed by atoms with Crippen molar-refractivity contribution in [3.63, 3.8) is 0 Å². The van der Waals surface area contributed by atoms with Crippen LogP contribution < -0.4 is 4.74 Å². The fourth-order valence-electron chi connectivity index (χ4n) is 2.83. The summed E-state index contributed by atoms with van der Waals surface area (Å²) in [6.07, 6.45) is -3.43. The number of aromatic nitrogens is 5. The number of halogens is 3. The molecule has 0 radical (unpaired) electrons. The second-order valence-corrected chi connectivity index (χ2v) is 6.08. The highest BCUT2D eigenvalue weighted by molar-refractivity contribution is 5.83. The van der Waals surface area contributed by atoms with Crippen molar-refractivity contribution in [2.45, 2.75) is 6.18 Å². The predicted molar refractivity (Wildman–Crippen MR) is 96.5 cm³/mol. The van der Waals surface area contributed by atoms with Gasteiger partial charge in [-0.25, -0.2) is 15.2 Å². The van der Waals surface area contributed by atoms with Gasteiger partial charge >= 0.3 is 11.9 Å². The molecule has 0 spiro atoms. The first-order valence-electron chi connectivity index (χ1n) is 8.38. The number of hydrogen-bond acceptors (Lipinski definition) is 6. The van der Waals surface area contributed by atoms with Crippen LogP contribution in [0.5, 0.6) is 5.88 Å². The van der Waals surface area contributed by atoms with E-state index in [1.165, 1.54) is 29.9 Å². The lowest BCUT2D eigenvalue weighted by Crippen LogP contribution is -2.05. The summed E-state index contributed by atoms with van der Waals surface area (Å²) in [5, 5.41) is 16.9. The standard InChI is InChI=1S/C18H12F3N6O3/c1-30-16-7-6-15(24-25-16)26-14-5-2-10(18(19,20)21)8-13(14)23-17(26)12-4-3-11(9-22-12)27(28)29/h2-9H,1H3,(H,28,29)/q+1. The minimum atomic E-state index is -4.53. The molecule has 0 unspecified atom stereocenters. The quantitative estimate of drug-likeness (QED) is 0.505. The van der Waals surface area contributed by atoms with Crippen molar-refractivity contribution in [3.8, 4) is 23.2 Å². The number of benzene rings is 1. The highest BCUT2D eigenvalue weighted by atomic mass is 19.4. The summed E-state index contributed by atoms with van der Waals surface area (Å²) in [5.41, 5.74) is -0.322. The van der Waals surface area contributed by atoms with Gasteiger partial charge in [-0.1, -0.05) is 0 Å². The van der Waals surface area contributed by atoms with E-state index in [2.05, 4.69) is 20.2 Å². The third kappa shape index (κ3) is 3.38. The third-order valence-corrected chi connectivity index (χ3v) is 4.24. The highest BCUT2D eigenvalue weighted by Crippen LogP contribution is 2.34. The number of ether oxygens (including phenoxy) is 1. The molecule has 0 saturated heterocycles. The van der Waals surface area contributed by atoms with Gasteiger partial charge < -0.3 is 4.74 Å². The monoisotopic (exact) mass is 417 g/mol. The number of rotatable bonds is 4. The van der Waals surface area contributed by atoms with Crippen LogP contribution in [0.4, 0.5) is 18.9 Å². The van der Waals surface area contributed by atoms with Crippen LogP contribution in [0.1, 0.15) is 5.56 Å². The minimum absolute atomic E-state index is 0.0657. The lowest BCUT2D eigenvalue weighted by atomic mass is 10.2. The Kier molecular flexibility index (Phi) is 4.53. The Bertz CT molecular complexity index is 1240. The summed E-state index contributed by atoms with van der Waals surface area (Å²) >= 11 is 0. The summed E-state index contributed by atoms with van der Waals surface area (Å²) in [5.74, 6) is 0.697. The lowest BCUT2D eigenvalue weighted by molar-refractivity contribution is -0.729. The fraction of sp³-hybridized carbons (Fsp3) is 0.111. The van der Waals surface area contributed by atoms with Crippen LogP contribution in [-0.4, -0.2) is 42.0 Å². The van der Waals surface area contributed by atoms with Gasteiger partial charge in [-0.2, -0.15) is 13.2 Å². The summed E-state index contributed by atoms with van der Waals surface area (Å²) in [6, 6.07) is 8.94. The molecule has 12 heteroatoms. The molecular formula is C18H12F3N6O3+. The molecule has 152 valence electrons. The average molecular weight is 417 g/mol. The number of nitrogens with zero attached hydrogens (tertiary/aromatic N) is 6. The molecule has 0 aliphatic heterocycles. The third-order valence-electron chi connectivity index (χ3n) is 4.24. The number of hydrogen-bond donors (Lipinski definition) is 1. The Labute approximate surface area is 165 Å².